The van der Waals surface area contributed by atoms with Crippen molar-refractivity contribution in [3.8, 4) is 0 Å². The van der Waals surface area contributed by atoms with Gasteiger partial charge in [0.1, 0.15) is 0 Å². The SMILES string of the molecule is C=CCN(c1ccc(Br)cc1C(C)NC)C(C)C. The fraction of sp³-hybridized carbons (Fsp3) is 0.467. The highest BCUT2D eigenvalue weighted by atomic mass is 79.9. The largest absolute Gasteiger partial charge is 0.365 e. The summed E-state index contributed by atoms with van der Waals surface area (Å²) in [6, 6.07) is 7.24. The lowest BCUT2D eigenvalue weighted by Crippen LogP contribution is -2.32. The van der Waals surface area contributed by atoms with E-state index in [1.807, 2.05) is 13.1 Å². The smallest absolute Gasteiger partial charge is 0.0420 e. The lowest BCUT2D eigenvalue weighted by molar-refractivity contribution is 0.640. The zero-order chi connectivity index (χ0) is 13.7. The van der Waals surface area contributed by atoms with Gasteiger partial charge in [-0.25, -0.2) is 0 Å². The van der Waals surface area contributed by atoms with Crippen molar-refractivity contribution in [2.45, 2.75) is 32.9 Å². The van der Waals surface area contributed by atoms with E-state index in [9.17, 15) is 0 Å². The van der Waals surface area contributed by atoms with Gasteiger partial charge in [0, 0.05) is 28.8 Å². The van der Waals surface area contributed by atoms with E-state index in [1.54, 1.807) is 0 Å². The molecule has 3 heteroatoms. The quantitative estimate of drug-likeness (QED) is 0.795. The minimum absolute atomic E-state index is 0.323. The number of hydrogen-bond acceptors (Lipinski definition) is 2. The summed E-state index contributed by atoms with van der Waals surface area (Å²) in [5.41, 5.74) is 2.58. The van der Waals surface area contributed by atoms with Crippen molar-refractivity contribution < 1.29 is 0 Å². The maximum absolute atomic E-state index is 3.85. The molecule has 0 amide bonds. The third kappa shape index (κ3) is 3.59. The average Bonchev–Trinajstić information content (AvgIpc) is 2.35. The molecule has 1 unspecified atom stereocenters. The zero-order valence-corrected chi connectivity index (χ0v) is 13.3. The Bertz CT molecular complexity index is 401. The van der Waals surface area contributed by atoms with Gasteiger partial charge in [0.15, 0.2) is 0 Å². The van der Waals surface area contributed by atoms with Crippen LogP contribution in [0.1, 0.15) is 32.4 Å². The van der Waals surface area contributed by atoms with Crippen LogP contribution in [0.15, 0.2) is 35.3 Å². The van der Waals surface area contributed by atoms with Gasteiger partial charge in [0.05, 0.1) is 0 Å². The summed E-state index contributed by atoms with van der Waals surface area (Å²) in [7, 11) is 1.99. The van der Waals surface area contributed by atoms with Crippen LogP contribution < -0.4 is 10.2 Å². The van der Waals surface area contributed by atoms with Crippen molar-refractivity contribution in [3.05, 3.63) is 40.9 Å². The van der Waals surface area contributed by atoms with Gasteiger partial charge in [-0.05, 0) is 51.6 Å². The molecule has 2 nitrogen and oxygen atoms in total. The Balaban J connectivity index is 3.23. The van der Waals surface area contributed by atoms with Gasteiger partial charge in [0.25, 0.3) is 0 Å². The number of halogens is 1. The highest BCUT2D eigenvalue weighted by molar-refractivity contribution is 9.10. The predicted molar refractivity (Wildman–Crippen MR) is 84.3 cm³/mol. The first-order chi connectivity index (χ1) is 8.51. The molecular formula is C15H23BrN2. The molecule has 0 fully saturated rings. The zero-order valence-electron chi connectivity index (χ0n) is 11.7. The number of rotatable bonds is 6. The molecule has 1 aromatic rings. The molecule has 0 saturated heterocycles. The van der Waals surface area contributed by atoms with Crippen LogP contribution in [0, 0.1) is 0 Å². The molecule has 0 spiro atoms. The monoisotopic (exact) mass is 310 g/mol. The first kappa shape index (κ1) is 15.3. The van der Waals surface area contributed by atoms with E-state index < -0.39 is 0 Å². The Kier molecular flexibility index (Phi) is 5.89. The topological polar surface area (TPSA) is 15.3 Å². The lowest BCUT2D eigenvalue weighted by atomic mass is 10.0. The van der Waals surface area contributed by atoms with E-state index in [2.05, 4.69) is 71.7 Å². The van der Waals surface area contributed by atoms with E-state index >= 15 is 0 Å². The third-order valence-corrected chi connectivity index (χ3v) is 3.64. The molecule has 1 atom stereocenters. The van der Waals surface area contributed by atoms with Crippen LogP contribution in [0.4, 0.5) is 5.69 Å². The Morgan fingerprint density at radius 3 is 2.56 bits per heavy atom. The average molecular weight is 311 g/mol. The number of nitrogens with one attached hydrogen (secondary N) is 1. The molecule has 0 saturated carbocycles. The number of hydrogen-bond donors (Lipinski definition) is 1. The van der Waals surface area contributed by atoms with Crippen LogP contribution >= 0.6 is 15.9 Å². The summed E-state index contributed by atoms with van der Waals surface area (Å²) in [5, 5.41) is 3.31. The van der Waals surface area contributed by atoms with E-state index in [4.69, 9.17) is 0 Å². The van der Waals surface area contributed by atoms with E-state index in [0.717, 1.165) is 11.0 Å². The van der Waals surface area contributed by atoms with Gasteiger partial charge >= 0.3 is 0 Å². The minimum Gasteiger partial charge on any atom is -0.365 e. The molecule has 1 rings (SSSR count). The minimum atomic E-state index is 0.323. The summed E-state index contributed by atoms with van der Waals surface area (Å²) in [5.74, 6) is 0. The van der Waals surface area contributed by atoms with Gasteiger partial charge in [-0.15, -0.1) is 6.58 Å². The highest BCUT2D eigenvalue weighted by Gasteiger charge is 2.16. The van der Waals surface area contributed by atoms with Crippen LogP contribution in [-0.4, -0.2) is 19.6 Å². The summed E-state index contributed by atoms with van der Waals surface area (Å²) in [6.45, 7) is 11.3. The number of benzene rings is 1. The third-order valence-electron chi connectivity index (χ3n) is 3.15. The fourth-order valence-corrected chi connectivity index (χ4v) is 2.39. The molecule has 1 N–H and O–H groups in total. The van der Waals surface area contributed by atoms with Gasteiger partial charge in [-0.1, -0.05) is 22.0 Å². The summed E-state index contributed by atoms with van der Waals surface area (Å²) < 4.78 is 1.12. The molecule has 1 aromatic carbocycles. The molecule has 0 bridgehead atoms. The van der Waals surface area contributed by atoms with Gasteiger partial charge in [-0.2, -0.15) is 0 Å². The van der Waals surface area contributed by atoms with Crippen molar-refractivity contribution >= 4 is 21.6 Å². The first-order valence-corrected chi connectivity index (χ1v) is 7.14. The van der Waals surface area contributed by atoms with Crippen LogP contribution in [0.3, 0.4) is 0 Å². The van der Waals surface area contributed by atoms with Crippen molar-refractivity contribution in [3.63, 3.8) is 0 Å². The summed E-state index contributed by atoms with van der Waals surface area (Å²) >= 11 is 3.55. The number of anilines is 1. The predicted octanol–water partition coefficient (Wildman–Crippen LogP) is 4.13. The Labute approximate surface area is 119 Å². The molecule has 0 aliphatic carbocycles. The van der Waals surface area contributed by atoms with Gasteiger partial charge < -0.3 is 10.2 Å². The number of nitrogens with zero attached hydrogens (tertiary/aromatic N) is 1. The highest BCUT2D eigenvalue weighted by Crippen LogP contribution is 2.30. The molecule has 0 heterocycles. The molecule has 18 heavy (non-hydrogen) atoms. The first-order valence-electron chi connectivity index (χ1n) is 6.35. The van der Waals surface area contributed by atoms with Crippen molar-refractivity contribution in [2.75, 3.05) is 18.5 Å². The maximum atomic E-state index is 3.85. The summed E-state index contributed by atoms with van der Waals surface area (Å²) in [6.07, 6.45) is 1.95. The van der Waals surface area contributed by atoms with Crippen molar-refractivity contribution in [1.82, 2.24) is 5.32 Å². The van der Waals surface area contributed by atoms with Crippen LogP contribution in [0.25, 0.3) is 0 Å². The van der Waals surface area contributed by atoms with E-state index in [0.29, 0.717) is 12.1 Å². The second kappa shape index (κ2) is 6.95. The fourth-order valence-electron chi connectivity index (χ4n) is 2.02. The van der Waals surface area contributed by atoms with Gasteiger partial charge in [-0.3, -0.25) is 0 Å². The Morgan fingerprint density at radius 1 is 1.39 bits per heavy atom. The van der Waals surface area contributed by atoms with Crippen molar-refractivity contribution in [2.24, 2.45) is 0 Å². The Hall–Kier alpha value is -0.800. The van der Waals surface area contributed by atoms with Crippen LogP contribution in [-0.2, 0) is 0 Å². The second-order valence-electron chi connectivity index (χ2n) is 4.75. The van der Waals surface area contributed by atoms with E-state index in [1.165, 1.54) is 11.3 Å². The second-order valence-corrected chi connectivity index (χ2v) is 5.66. The van der Waals surface area contributed by atoms with Crippen molar-refractivity contribution in [1.29, 1.82) is 0 Å². The summed E-state index contributed by atoms with van der Waals surface area (Å²) in [4.78, 5) is 2.36. The van der Waals surface area contributed by atoms with Gasteiger partial charge in [0.2, 0.25) is 0 Å². The Morgan fingerprint density at radius 2 is 2.06 bits per heavy atom. The normalized spacial score (nSPS) is 12.6. The van der Waals surface area contributed by atoms with Crippen LogP contribution in [0.5, 0.6) is 0 Å². The molecule has 0 aromatic heterocycles. The molecule has 100 valence electrons. The molecule has 0 radical (unpaired) electrons. The van der Waals surface area contributed by atoms with Crippen LogP contribution in [0.2, 0.25) is 0 Å². The standard InChI is InChI=1S/C15H23BrN2/c1-6-9-18(11(2)3)15-8-7-13(16)10-14(15)12(4)17-5/h6-8,10-12,17H,1,9H2,2-5H3. The van der Waals surface area contributed by atoms with E-state index in [-0.39, 0.29) is 0 Å². The molecule has 0 aliphatic heterocycles. The lowest BCUT2D eigenvalue weighted by Gasteiger charge is -2.31. The maximum Gasteiger partial charge on any atom is 0.0420 e. The molecule has 0 aliphatic rings. The molecular weight excluding hydrogens is 288 g/mol.